The molecule has 0 saturated heterocycles. The van der Waals surface area contributed by atoms with Crippen molar-refractivity contribution in [2.45, 2.75) is 66.7 Å². The van der Waals surface area contributed by atoms with Crippen molar-refractivity contribution in [2.24, 2.45) is 0 Å². The number of nitrogens with zero attached hydrogens (tertiary/aromatic N) is 3. The zero-order chi connectivity index (χ0) is 16.6. The van der Waals surface area contributed by atoms with Crippen molar-refractivity contribution in [2.75, 3.05) is 58.9 Å². The lowest BCUT2D eigenvalue weighted by molar-refractivity contribution is 0.175. The van der Waals surface area contributed by atoms with Gasteiger partial charge in [0.1, 0.15) is 0 Å². The molecule has 0 aromatic rings. The minimum Gasteiger partial charge on any atom is -0.302 e. The molecule has 0 fully saturated rings. The van der Waals surface area contributed by atoms with Crippen LogP contribution in [0.5, 0.6) is 0 Å². The van der Waals surface area contributed by atoms with Crippen LogP contribution in [0.15, 0.2) is 0 Å². The Hall–Kier alpha value is -0.120. The Morgan fingerprint density at radius 1 is 0.318 bits per heavy atom. The highest BCUT2D eigenvalue weighted by molar-refractivity contribution is 4.66. The van der Waals surface area contributed by atoms with Crippen molar-refractivity contribution < 1.29 is 0 Å². The molecule has 22 heavy (non-hydrogen) atoms. The van der Waals surface area contributed by atoms with Crippen LogP contribution in [0.1, 0.15) is 66.7 Å². The minimum atomic E-state index is 1.24. The maximum absolute atomic E-state index is 2.68. The molecule has 0 aromatic heterocycles. The van der Waals surface area contributed by atoms with Gasteiger partial charge in [0.15, 0.2) is 0 Å². The Morgan fingerprint density at radius 2 is 0.500 bits per heavy atom. The molecule has 3 nitrogen and oxygen atoms in total. The summed E-state index contributed by atoms with van der Waals surface area (Å²) in [5.41, 5.74) is 0. The first kappa shape index (κ1) is 21.9. The monoisotopic (exact) mass is 313 g/mol. The van der Waals surface area contributed by atoms with Gasteiger partial charge in [-0.1, -0.05) is 34.6 Å². The van der Waals surface area contributed by atoms with Crippen LogP contribution in [-0.4, -0.2) is 73.6 Å². The lowest BCUT2D eigenvalue weighted by Crippen LogP contribution is -2.40. The lowest BCUT2D eigenvalue weighted by Gasteiger charge is -2.29. The average molecular weight is 314 g/mol. The molecule has 134 valence electrons. The van der Waals surface area contributed by atoms with Crippen molar-refractivity contribution in [3.63, 3.8) is 0 Å². The lowest BCUT2D eigenvalue weighted by atomic mass is 10.3. The van der Waals surface area contributed by atoms with E-state index in [1.807, 2.05) is 0 Å². The van der Waals surface area contributed by atoms with Crippen LogP contribution < -0.4 is 0 Å². The summed E-state index contributed by atoms with van der Waals surface area (Å²) in [4.78, 5) is 7.95. The molecular formula is C19H43N3. The smallest absolute Gasteiger partial charge is 0.0110 e. The predicted octanol–water partition coefficient (Wildman–Crippen LogP) is 3.94. The molecular weight excluding hydrogens is 270 g/mol. The van der Waals surface area contributed by atoms with Crippen molar-refractivity contribution in [1.82, 2.24) is 14.7 Å². The topological polar surface area (TPSA) is 9.72 Å². The molecule has 0 bridgehead atoms. The number of rotatable bonds is 16. The number of hydrogen-bond acceptors (Lipinski definition) is 3. The van der Waals surface area contributed by atoms with E-state index in [0.29, 0.717) is 0 Å². The zero-order valence-electron chi connectivity index (χ0n) is 16.2. The summed E-state index contributed by atoms with van der Waals surface area (Å²) < 4.78 is 0. The van der Waals surface area contributed by atoms with E-state index < -0.39 is 0 Å². The fourth-order valence-corrected chi connectivity index (χ4v) is 3.15. The molecule has 0 rings (SSSR count). The molecule has 0 atom stereocenters. The summed E-state index contributed by atoms with van der Waals surface area (Å²) in [5.74, 6) is 0. The molecule has 0 aliphatic heterocycles. The second-order valence-electron chi connectivity index (χ2n) is 6.52. The normalized spacial score (nSPS) is 12.0. The van der Waals surface area contributed by atoms with Crippen LogP contribution in [0.3, 0.4) is 0 Å². The maximum Gasteiger partial charge on any atom is 0.0110 e. The van der Waals surface area contributed by atoms with Gasteiger partial charge in [0.2, 0.25) is 0 Å². The van der Waals surface area contributed by atoms with Crippen molar-refractivity contribution in [1.29, 1.82) is 0 Å². The van der Waals surface area contributed by atoms with Crippen LogP contribution >= 0.6 is 0 Å². The fourth-order valence-electron chi connectivity index (χ4n) is 3.15. The molecule has 0 heterocycles. The third kappa shape index (κ3) is 11.4. The molecule has 0 aromatic carbocycles. The molecule has 0 N–H and O–H groups in total. The molecule has 0 radical (unpaired) electrons. The second kappa shape index (κ2) is 15.8. The van der Waals surface area contributed by atoms with Gasteiger partial charge in [0.05, 0.1) is 0 Å². The second-order valence-corrected chi connectivity index (χ2v) is 6.52. The largest absolute Gasteiger partial charge is 0.302 e. The van der Waals surface area contributed by atoms with Gasteiger partial charge >= 0.3 is 0 Å². The van der Waals surface area contributed by atoms with Gasteiger partial charge in [-0.25, -0.2) is 0 Å². The molecule has 0 spiro atoms. The van der Waals surface area contributed by atoms with E-state index in [4.69, 9.17) is 0 Å². The van der Waals surface area contributed by atoms with E-state index in [0.717, 1.165) is 0 Å². The molecule has 0 amide bonds. The predicted molar refractivity (Wildman–Crippen MR) is 101 cm³/mol. The van der Waals surface area contributed by atoms with Crippen LogP contribution in [0.4, 0.5) is 0 Å². The Labute approximate surface area is 141 Å². The first-order chi connectivity index (χ1) is 10.7. The Kier molecular flexibility index (Phi) is 15.7. The Balaban J connectivity index is 4.21. The Morgan fingerprint density at radius 3 is 0.682 bits per heavy atom. The summed E-state index contributed by atoms with van der Waals surface area (Å²) in [6, 6.07) is 0. The van der Waals surface area contributed by atoms with Crippen LogP contribution in [0, 0.1) is 0 Å². The van der Waals surface area contributed by atoms with Gasteiger partial charge in [-0.3, -0.25) is 0 Å². The summed E-state index contributed by atoms with van der Waals surface area (Å²) in [5, 5.41) is 0. The fraction of sp³-hybridized carbons (Fsp3) is 1.00. The molecule has 0 aliphatic carbocycles. The zero-order valence-corrected chi connectivity index (χ0v) is 16.2. The minimum absolute atomic E-state index is 1.24. The van der Waals surface area contributed by atoms with Gasteiger partial charge in [0.25, 0.3) is 0 Å². The third-order valence-corrected chi connectivity index (χ3v) is 4.16. The summed E-state index contributed by atoms with van der Waals surface area (Å²) in [6.07, 6.45) is 6.36. The summed E-state index contributed by atoms with van der Waals surface area (Å²) in [6.45, 7) is 22.7. The van der Waals surface area contributed by atoms with E-state index in [9.17, 15) is 0 Å². The standard InChI is InChI=1S/C19H43N3/c1-6-11-20(12-7-2)16-18-22(15-10-5)19-17-21(13-8-3)14-9-4/h6-19H2,1-5H3. The molecule has 0 unspecified atom stereocenters. The van der Waals surface area contributed by atoms with Gasteiger partial charge < -0.3 is 14.7 Å². The van der Waals surface area contributed by atoms with Crippen molar-refractivity contribution in [3.8, 4) is 0 Å². The van der Waals surface area contributed by atoms with E-state index in [2.05, 4.69) is 49.3 Å². The van der Waals surface area contributed by atoms with E-state index >= 15 is 0 Å². The van der Waals surface area contributed by atoms with E-state index in [1.165, 1.54) is 91.0 Å². The van der Waals surface area contributed by atoms with E-state index in [1.54, 1.807) is 0 Å². The Bertz CT molecular complexity index is 189. The van der Waals surface area contributed by atoms with Crippen molar-refractivity contribution >= 4 is 0 Å². The van der Waals surface area contributed by atoms with Crippen LogP contribution in [0.2, 0.25) is 0 Å². The highest BCUT2D eigenvalue weighted by atomic mass is 15.2. The molecule has 0 saturated carbocycles. The van der Waals surface area contributed by atoms with Crippen LogP contribution in [-0.2, 0) is 0 Å². The van der Waals surface area contributed by atoms with Gasteiger partial charge in [-0.15, -0.1) is 0 Å². The first-order valence-electron chi connectivity index (χ1n) is 9.88. The van der Waals surface area contributed by atoms with E-state index in [-0.39, 0.29) is 0 Å². The maximum atomic E-state index is 2.68. The molecule has 3 heteroatoms. The highest BCUT2D eigenvalue weighted by Gasteiger charge is 2.10. The summed E-state index contributed by atoms with van der Waals surface area (Å²) >= 11 is 0. The average Bonchev–Trinajstić information content (AvgIpc) is 2.50. The SMILES string of the molecule is CCCN(CCC)CCN(CCC)CCN(CCC)CCC. The van der Waals surface area contributed by atoms with Gasteiger partial charge in [-0.2, -0.15) is 0 Å². The third-order valence-electron chi connectivity index (χ3n) is 4.16. The number of hydrogen-bond donors (Lipinski definition) is 0. The quantitative estimate of drug-likeness (QED) is 0.427. The van der Waals surface area contributed by atoms with Crippen molar-refractivity contribution in [3.05, 3.63) is 0 Å². The first-order valence-corrected chi connectivity index (χ1v) is 9.88. The molecule has 0 aliphatic rings. The summed E-state index contributed by atoms with van der Waals surface area (Å²) in [7, 11) is 0. The van der Waals surface area contributed by atoms with Gasteiger partial charge in [0, 0.05) is 26.2 Å². The van der Waals surface area contributed by atoms with Crippen LogP contribution in [0.25, 0.3) is 0 Å². The highest BCUT2D eigenvalue weighted by Crippen LogP contribution is 2.00. The van der Waals surface area contributed by atoms with Gasteiger partial charge in [-0.05, 0) is 64.8 Å².